The van der Waals surface area contributed by atoms with Crippen LogP contribution in [0.4, 0.5) is 5.82 Å². The Labute approximate surface area is 94.7 Å². The fourth-order valence-electron chi connectivity index (χ4n) is 1.56. The number of nitrogens with two attached hydrogens (primary N) is 1. The van der Waals surface area contributed by atoms with E-state index in [1.54, 1.807) is 0 Å². The quantitative estimate of drug-likeness (QED) is 0.694. The molecular formula is C11H17N3O2. The largest absolute Gasteiger partial charge is 0.481 e. The van der Waals surface area contributed by atoms with Crippen LogP contribution in [0.25, 0.3) is 0 Å². The lowest BCUT2D eigenvalue weighted by Crippen LogP contribution is -2.13. The number of rotatable bonds is 5. The summed E-state index contributed by atoms with van der Waals surface area (Å²) in [4.78, 5) is 14.7. The molecule has 0 aromatic carbocycles. The fourth-order valence-corrected chi connectivity index (χ4v) is 1.56. The van der Waals surface area contributed by atoms with Crippen molar-refractivity contribution in [3.05, 3.63) is 22.9 Å². The van der Waals surface area contributed by atoms with Crippen LogP contribution in [-0.2, 0) is 11.3 Å². The Balaban J connectivity index is 2.81. The number of nitrogens with one attached hydrogen (secondary N) is 1. The first-order valence-corrected chi connectivity index (χ1v) is 5.17. The van der Waals surface area contributed by atoms with E-state index in [0.717, 1.165) is 16.8 Å². The van der Waals surface area contributed by atoms with Crippen molar-refractivity contribution in [3.63, 3.8) is 0 Å². The number of anilines is 1. The predicted molar refractivity (Wildman–Crippen MR) is 62.3 cm³/mol. The molecule has 1 rings (SSSR count). The molecule has 0 radical (unpaired) electrons. The molecule has 5 heteroatoms. The highest BCUT2D eigenvalue weighted by atomic mass is 16.4. The van der Waals surface area contributed by atoms with Gasteiger partial charge in [0.25, 0.3) is 0 Å². The summed E-state index contributed by atoms with van der Waals surface area (Å²) in [5.41, 5.74) is 8.55. The van der Waals surface area contributed by atoms with Crippen molar-refractivity contribution in [2.75, 3.05) is 11.9 Å². The minimum atomic E-state index is -0.828. The van der Waals surface area contributed by atoms with Gasteiger partial charge in [0.2, 0.25) is 0 Å². The second-order valence-electron chi connectivity index (χ2n) is 3.68. The summed E-state index contributed by atoms with van der Waals surface area (Å²) in [5, 5.41) is 11.5. The Morgan fingerprint density at radius 1 is 1.56 bits per heavy atom. The van der Waals surface area contributed by atoms with Crippen LogP contribution in [-0.4, -0.2) is 22.6 Å². The SMILES string of the molecule is Cc1cc(C)c(CN)c(NCCC(=O)O)n1. The van der Waals surface area contributed by atoms with E-state index >= 15 is 0 Å². The zero-order chi connectivity index (χ0) is 12.1. The maximum absolute atomic E-state index is 10.4. The summed E-state index contributed by atoms with van der Waals surface area (Å²) in [6.45, 7) is 4.63. The Bertz CT molecular complexity index is 391. The van der Waals surface area contributed by atoms with E-state index in [1.807, 2.05) is 19.9 Å². The summed E-state index contributed by atoms with van der Waals surface area (Å²) in [6.07, 6.45) is 0.0681. The van der Waals surface area contributed by atoms with E-state index in [-0.39, 0.29) is 6.42 Å². The third-order valence-corrected chi connectivity index (χ3v) is 2.31. The Hall–Kier alpha value is -1.62. The monoisotopic (exact) mass is 223 g/mol. The molecule has 0 atom stereocenters. The van der Waals surface area contributed by atoms with Gasteiger partial charge in [0.1, 0.15) is 5.82 Å². The van der Waals surface area contributed by atoms with Crippen molar-refractivity contribution in [1.29, 1.82) is 0 Å². The van der Waals surface area contributed by atoms with Crippen LogP contribution in [0, 0.1) is 13.8 Å². The molecule has 16 heavy (non-hydrogen) atoms. The molecular weight excluding hydrogens is 206 g/mol. The molecule has 4 N–H and O–H groups in total. The van der Waals surface area contributed by atoms with E-state index in [0.29, 0.717) is 18.9 Å². The number of carboxylic acid groups (broad SMARTS) is 1. The molecule has 0 saturated carbocycles. The molecule has 0 aliphatic heterocycles. The number of pyridine rings is 1. The Morgan fingerprint density at radius 3 is 2.81 bits per heavy atom. The average molecular weight is 223 g/mol. The lowest BCUT2D eigenvalue weighted by atomic mass is 10.1. The van der Waals surface area contributed by atoms with Crippen LogP contribution in [0.3, 0.4) is 0 Å². The van der Waals surface area contributed by atoms with E-state index in [4.69, 9.17) is 10.8 Å². The van der Waals surface area contributed by atoms with Gasteiger partial charge in [-0.3, -0.25) is 4.79 Å². The molecule has 88 valence electrons. The molecule has 1 heterocycles. The fraction of sp³-hybridized carbons (Fsp3) is 0.455. The van der Waals surface area contributed by atoms with E-state index in [2.05, 4.69) is 10.3 Å². The number of aliphatic carboxylic acids is 1. The highest BCUT2D eigenvalue weighted by molar-refractivity contribution is 5.67. The smallest absolute Gasteiger partial charge is 0.305 e. The van der Waals surface area contributed by atoms with Gasteiger partial charge in [0.15, 0.2) is 0 Å². The van der Waals surface area contributed by atoms with E-state index in [9.17, 15) is 4.79 Å². The predicted octanol–water partition coefficient (Wildman–Crippen LogP) is 1.04. The van der Waals surface area contributed by atoms with Crippen LogP contribution in [0.1, 0.15) is 23.2 Å². The van der Waals surface area contributed by atoms with E-state index in [1.165, 1.54) is 0 Å². The number of aryl methyl sites for hydroxylation is 2. The van der Waals surface area contributed by atoms with Crippen molar-refractivity contribution in [1.82, 2.24) is 4.98 Å². The highest BCUT2D eigenvalue weighted by Crippen LogP contribution is 2.17. The maximum Gasteiger partial charge on any atom is 0.305 e. The van der Waals surface area contributed by atoms with Crippen LogP contribution >= 0.6 is 0 Å². The number of aromatic nitrogens is 1. The molecule has 0 unspecified atom stereocenters. The molecule has 0 amide bonds. The minimum absolute atomic E-state index is 0.0681. The van der Waals surface area contributed by atoms with Crippen LogP contribution in [0.2, 0.25) is 0 Å². The van der Waals surface area contributed by atoms with Crippen LogP contribution in [0.15, 0.2) is 6.07 Å². The highest BCUT2D eigenvalue weighted by Gasteiger charge is 2.07. The number of nitrogens with zero attached hydrogens (tertiary/aromatic N) is 1. The molecule has 1 aromatic heterocycles. The second-order valence-corrected chi connectivity index (χ2v) is 3.68. The van der Waals surface area contributed by atoms with Gasteiger partial charge in [-0.1, -0.05) is 0 Å². The van der Waals surface area contributed by atoms with Gasteiger partial charge < -0.3 is 16.2 Å². The van der Waals surface area contributed by atoms with Gasteiger partial charge in [0.05, 0.1) is 6.42 Å². The lowest BCUT2D eigenvalue weighted by Gasteiger charge is -2.12. The van der Waals surface area contributed by atoms with Gasteiger partial charge >= 0.3 is 5.97 Å². The zero-order valence-electron chi connectivity index (χ0n) is 9.58. The Morgan fingerprint density at radius 2 is 2.25 bits per heavy atom. The first kappa shape index (κ1) is 12.4. The number of carbonyl (C=O) groups is 1. The van der Waals surface area contributed by atoms with Gasteiger partial charge in [-0.05, 0) is 25.5 Å². The molecule has 0 bridgehead atoms. The van der Waals surface area contributed by atoms with Gasteiger partial charge in [-0.2, -0.15) is 0 Å². The molecule has 1 aromatic rings. The van der Waals surface area contributed by atoms with Gasteiger partial charge in [-0.25, -0.2) is 4.98 Å². The van der Waals surface area contributed by atoms with Crippen LogP contribution < -0.4 is 11.1 Å². The third-order valence-electron chi connectivity index (χ3n) is 2.31. The third kappa shape index (κ3) is 3.20. The number of hydrogen-bond acceptors (Lipinski definition) is 4. The zero-order valence-corrected chi connectivity index (χ0v) is 9.58. The summed E-state index contributed by atoms with van der Waals surface area (Å²) >= 11 is 0. The molecule has 0 saturated heterocycles. The minimum Gasteiger partial charge on any atom is -0.481 e. The normalized spacial score (nSPS) is 10.2. The van der Waals surface area contributed by atoms with Crippen LogP contribution in [0.5, 0.6) is 0 Å². The van der Waals surface area contributed by atoms with Gasteiger partial charge in [0, 0.05) is 24.3 Å². The summed E-state index contributed by atoms with van der Waals surface area (Å²) in [6, 6.07) is 1.96. The second kappa shape index (κ2) is 5.46. The molecule has 5 nitrogen and oxygen atoms in total. The van der Waals surface area contributed by atoms with Crippen molar-refractivity contribution >= 4 is 11.8 Å². The molecule has 0 fully saturated rings. The maximum atomic E-state index is 10.4. The van der Waals surface area contributed by atoms with Crippen molar-refractivity contribution in [2.24, 2.45) is 5.73 Å². The summed E-state index contributed by atoms with van der Waals surface area (Å²) in [5.74, 6) is -0.132. The van der Waals surface area contributed by atoms with E-state index < -0.39 is 5.97 Å². The first-order chi connectivity index (χ1) is 7.54. The number of hydrogen-bond donors (Lipinski definition) is 3. The molecule has 0 spiro atoms. The number of carboxylic acids is 1. The standard InChI is InChI=1S/C11H17N3O2/c1-7-5-8(2)14-11(9(7)6-12)13-4-3-10(15)16/h5H,3-4,6,12H2,1-2H3,(H,13,14)(H,15,16). The summed E-state index contributed by atoms with van der Waals surface area (Å²) in [7, 11) is 0. The first-order valence-electron chi connectivity index (χ1n) is 5.17. The molecule has 0 aliphatic rings. The van der Waals surface area contributed by atoms with Gasteiger partial charge in [-0.15, -0.1) is 0 Å². The van der Waals surface area contributed by atoms with Crippen molar-refractivity contribution in [3.8, 4) is 0 Å². The topological polar surface area (TPSA) is 88.2 Å². The Kier molecular flexibility index (Phi) is 4.25. The lowest BCUT2D eigenvalue weighted by molar-refractivity contribution is -0.136. The van der Waals surface area contributed by atoms with Crippen molar-refractivity contribution < 1.29 is 9.90 Å². The average Bonchev–Trinajstić information content (AvgIpc) is 2.16. The van der Waals surface area contributed by atoms with Crippen molar-refractivity contribution in [2.45, 2.75) is 26.8 Å². The molecule has 0 aliphatic carbocycles. The summed E-state index contributed by atoms with van der Waals surface area (Å²) < 4.78 is 0.